The standard InChI is InChI=1S/C18H14ClNO4S3/c19-12-3-1-11(2-4-12)15-6-5-14(24-15)9-16-17(21)20(18(25)26-16)13-7-8-27(22,23)10-13/h1-6,9,13H,7-8,10H2/b16-9+/t13-/m1/s1. The second-order valence-electron chi connectivity index (χ2n) is 6.32. The second kappa shape index (κ2) is 7.09. The summed E-state index contributed by atoms with van der Waals surface area (Å²) < 4.78 is 29.6. The van der Waals surface area contributed by atoms with E-state index in [4.69, 9.17) is 28.2 Å². The number of thiocarbonyl (C=S) groups is 1. The SMILES string of the molecule is O=C1/C(=C\c2ccc(-c3ccc(Cl)cc3)o2)SC(=S)N1[C@@H]1CCS(=O)(=O)C1. The highest BCUT2D eigenvalue weighted by molar-refractivity contribution is 8.26. The van der Waals surface area contributed by atoms with Crippen LogP contribution < -0.4 is 0 Å². The molecule has 1 atom stereocenters. The Labute approximate surface area is 171 Å². The first-order chi connectivity index (χ1) is 12.8. The maximum Gasteiger partial charge on any atom is 0.266 e. The Balaban J connectivity index is 1.56. The number of hydrogen-bond acceptors (Lipinski definition) is 6. The van der Waals surface area contributed by atoms with E-state index in [-0.39, 0.29) is 23.5 Å². The van der Waals surface area contributed by atoms with Gasteiger partial charge in [-0.25, -0.2) is 8.42 Å². The molecule has 2 aliphatic heterocycles. The van der Waals surface area contributed by atoms with Crippen molar-refractivity contribution < 1.29 is 17.6 Å². The monoisotopic (exact) mass is 439 g/mol. The summed E-state index contributed by atoms with van der Waals surface area (Å²) in [5.41, 5.74) is 0.878. The largest absolute Gasteiger partial charge is 0.457 e. The molecule has 3 heterocycles. The average Bonchev–Trinajstić information content (AvgIpc) is 3.28. The highest BCUT2D eigenvalue weighted by Gasteiger charge is 2.42. The van der Waals surface area contributed by atoms with Crippen LogP contribution in [0.1, 0.15) is 12.2 Å². The van der Waals surface area contributed by atoms with Gasteiger partial charge in [-0.2, -0.15) is 0 Å². The Morgan fingerprint density at radius 2 is 1.96 bits per heavy atom. The zero-order valence-corrected chi connectivity index (χ0v) is 17.1. The molecule has 2 saturated heterocycles. The number of sulfone groups is 1. The molecule has 1 aromatic carbocycles. The lowest BCUT2D eigenvalue weighted by Gasteiger charge is -2.20. The molecule has 2 aliphatic rings. The van der Waals surface area contributed by atoms with E-state index in [1.807, 2.05) is 18.2 Å². The fraction of sp³-hybridized carbons (Fsp3) is 0.222. The van der Waals surface area contributed by atoms with Crippen molar-refractivity contribution in [3.8, 4) is 11.3 Å². The lowest BCUT2D eigenvalue weighted by atomic mass is 10.2. The van der Waals surface area contributed by atoms with E-state index in [0.29, 0.717) is 32.2 Å². The molecule has 0 unspecified atom stereocenters. The third-order valence-electron chi connectivity index (χ3n) is 4.43. The number of rotatable bonds is 3. The second-order valence-corrected chi connectivity index (χ2v) is 10.7. The number of thioether (sulfide) groups is 1. The van der Waals surface area contributed by atoms with Crippen LogP contribution in [-0.2, 0) is 14.6 Å². The van der Waals surface area contributed by atoms with Crippen molar-refractivity contribution in [1.29, 1.82) is 0 Å². The van der Waals surface area contributed by atoms with Crippen LogP contribution >= 0.6 is 35.6 Å². The minimum atomic E-state index is -3.10. The molecule has 27 heavy (non-hydrogen) atoms. The van der Waals surface area contributed by atoms with Crippen LogP contribution in [0.3, 0.4) is 0 Å². The van der Waals surface area contributed by atoms with Crippen LogP contribution in [0.25, 0.3) is 17.4 Å². The number of nitrogens with zero attached hydrogens (tertiary/aromatic N) is 1. The fourth-order valence-corrected chi connectivity index (χ4v) is 6.31. The smallest absolute Gasteiger partial charge is 0.266 e. The van der Waals surface area contributed by atoms with Crippen LogP contribution in [0.15, 0.2) is 45.7 Å². The summed E-state index contributed by atoms with van der Waals surface area (Å²) in [6.07, 6.45) is 2.06. The van der Waals surface area contributed by atoms with Crippen LogP contribution in [0.5, 0.6) is 0 Å². The lowest BCUT2D eigenvalue weighted by molar-refractivity contribution is -0.123. The number of hydrogen-bond donors (Lipinski definition) is 0. The number of amides is 1. The number of furan rings is 1. The number of benzene rings is 1. The summed E-state index contributed by atoms with van der Waals surface area (Å²) in [7, 11) is -3.10. The molecule has 0 radical (unpaired) electrons. The van der Waals surface area contributed by atoms with E-state index in [1.54, 1.807) is 24.3 Å². The molecule has 0 saturated carbocycles. The van der Waals surface area contributed by atoms with Crippen molar-refractivity contribution in [2.75, 3.05) is 11.5 Å². The third-order valence-corrected chi connectivity index (χ3v) is 7.76. The Morgan fingerprint density at radius 1 is 1.22 bits per heavy atom. The number of carbonyl (C=O) groups excluding carboxylic acids is 1. The molecule has 2 aromatic rings. The molecule has 0 aliphatic carbocycles. The first-order valence-electron chi connectivity index (χ1n) is 8.16. The van der Waals surface area contributed by atoms with E-state index in [2.05, 4.69) is 0 Å². The van der Waals surface area contributed by atoms with E-state index in [1.165, 1.54) is 16.7 Å². The first-order valence-corrected chi connectivity index (χ1v) is 11.6. The van der Waals surface area contributed by atoms with Gasteiger partial charge < -0.3 is 4.42 Å². The van der Waals surface area contributed by atoms with Crippen molar-refractivity contribution >= 4 is 61.7 Å². The molecule has 140 valence electrons. The molecular formula is C18H14ClNO4S3. The van der Waals surface area contributed by atoms with Gasteiger partial charge >= 0.3 is 0 Å². The summed E-state index contributed by atoms with van der Waals surface area (Å²) in [5, 5.41) is 0.642. The number of halogens is 1. The minimum absolute atomic E-state index is 0.0335. The van der Waals surface area contributed by atoms with Gasteiger partial charge in [-0.15, -0.1) is 0 Å². The Kier molecular flexibility index (Phi) is 4.92. The summed E-state index contributed by atoms with van der Waals surface area (Å²) in [4.78, 5) is 14.6. The van der Waals surface area contributed by atoms with Crippen LogP contribution in [0.2, 0.25) is 5.02 Å². The molecule has 0 bridgehead atoms. The van der Waals surface area contributed by atoms with E-state index in [9.17, 15) is 13.2 Å². The van der Waals surface area contributed by atoms with Gasteiger partial charge in [0.05, 0.1) is 22.5 Å². The van der Waals surface area contributed by atoms with Gasteiger partial charge in [0.2, 0.25) is 0 Å². The molecule has 2 fully saturated rings. The van der Waals surface area contributed by atoms with Crippen molar-refractivity contribution in [1.82, 2.24) is 4.90 Å². The quantitative estimate of drug-likeness (QED) is 0.532. The highest BCUT2D eigenvalue weighted by atomic mass is 35.5. The summed E-state index contributed by atoms with van der Waals surface area (Å²) in [6, 6.07) is 10.5. The van der Waals surface area contributed by atoms with Gasteiger partial charge in [0.1, 0.15) is 15.8 Å². The molecular weight excluding hydrogens is 426 g/mol. The van der Waals surface area contributed by atoms with Crippen LogP contribution in [0, 0.1) is 0 Å². The zero-order valence-electron chi connectivity index (χ0n) is 13.9. The molecule has 4 rings (SSSR count). The van der Waals surface area contributed by atoms with E-state index >= 15 is 0 Å². The predicted molar refractivity (Wildman–Crippen MR) is 111 cm³/mol. The Bertz CT molecular complexity index is 1060. The first kappa shape index (κ1) is 18.7. The van der Waals surface area contributed by atoms with Crippen molar-refractivity contribution in [3.05, 3.63) is 52.1 Å². The number of carbonyl (C=O) groups is 1. The van der Waals surface area contributed by atoms with Gasteiger partial charge in [-0.05, 0) is 42.8 Å². The van der Waals surface area contributed by atoms with Crippen LogP contribution in [-0.4, -0.2) is 41.1 Å². The fourth-order valence-electron chi connectivity index (χ4n) is 3.10. The van der Waals surface area contributed by atoms with Gasteiger partial charge in [-0.1, -0.05) is 35.6 Å². The van der Waals surface area contributed by atoms with Crippen molar-refractivity contribution in [3.63, 3.8) is 0 Å². The Morgan fingerprint density at radius 3 is 2.63 bits per heavy atom. The minimum Gasteiger partial charge on any atom is -0.457 e. The van der Waals surface area contributed by atoms with Crippen molar-refractivity contribution in [2.24, 2.45) is 0 Å². The highest BCUT2D eigenvalue weighted by Crippen LogP contribution is 2.37. The average molecular weight is 440 g/mol. The predicted octanol–water partition coefficient (Wildman–Crippen LogP) is 3.99. The van der Waals surface area contributed by atoms with E-state index in [0.717, 1.165) is 5.56 Å². The lowest BCUT2D eigenvalue weighted by Crippen LogP contribution is -2.39. The van der Waals surface area contributed by atoms with Gasteiger partial charge in [-0.3, -0.25) is 9.69 Å². The molecule has 0 spiro atoms. The van der Waals surface area contributed by atoms with Gasteiger partial charge in [0.25, 0.3) is 5.91 Å². The molecule has 1 aromatic heterocycles. The molecule has 9 heteroatoms. The van der Waals surface area contributed by atoms with Crippen LogP contribution in [0.4, 0.5) is 0 Å². The van der Waals surface area contributed by atoms with Gasteiger partial charge in [0, 0.05) is 16.7 Å². The van der Waals surface area contributed by atoms with Crippen molar-refractivity contribution in [2.45, 2.75) is 12.5 Å². The zero-order chi connectivity index (χ0) is 19.2. The van der Waals surface area contributed by atoms with E-state index < -0.39 is 9.84 Å². The summed E-state index contributed by atoms with van der Waals surface area (Å²) >= 11 is 12.4. The summed E-state index contributed by atoms with van der Waals surface area (Å²) in [6.45, 7) is 0. The Hall–Kier alpha value is -1.61. The van der Waals surface area contributed by atoms with Gasteiger partial charge in [0.15, 0.2) is 9.84 Å². The molecule has 0 N–H and O–H groups in total. The molecule has 5 nitrogen and oxygen atoms in total. The summed E-state index contributed by atoms with van der Waals surface area (Å²) in [5.74, 6) is 0.983. The third kappa shape index (κ3) is 3.85. The molecule has 1 amide bonds. The normalized spacial score (nSPS) is 23.5. The topological polar surface area (TPSA) is 67.6 Å². The maximum absolute atomic E-state index is 12.7. The maximum atomic E-state index is 12.7.